The quantitative estimate of drug-likeness (QED) is 0.137. The monoisotopic (exact) mass is 435 g/mol. The molecule has 0 radical (unpaired) electrons. The number of amides is 4. The predicted octanol–water partition coefficient (Wildman–Crippen LogP) is -3.30. The summed E-state index contributed by atoms with van der Waals surface area (Å²) < 4.78 is 0. The summed E-state index contributed by atoms with van der Waals surface area (Å²) in [5, 5.41) is 25.0. The summed E-state index contributed by atoms with van der Waals surface area (Å²) >= 11 is 3.99. The van der Waals surface area contributed by atoms with Crippen molar-refractivity contribution >= 4 is 42.2 Å². The normalized spacial score (nSPS) is 15.9. The zero-order valence-electron chi connectivity index (χ0n) is 16.3. The van der Waals surface area contributed by atoms with E-state index in [0.29, 0.717) is 6.42 Å². The largest absolute Gasteiger partial charge is 0.480 e. The molecule has 0 saturated heterocycles. The van der Waals surface area contributed by atoms with Gasteiger partial charge in [-0.1, -0.05) is 20.3 Å². The number of aliphatic hydroxyl groups excluding tert-OH is 1. The van der Waals surface area contributed by atoms with Crippen LogP contribution in [0.5, 0.6) is 0 Å². The van der Waals surface area contributed by atoms with Gasteiger partial charge in [-0.15, -0.1) is 0 Å². The standard InChI is InChI=1S/C16H29N5O7S/c1-3-7(2)12(18)15(26)21-10(6-29)14(25)20-9(5-22)13(24)19-8(16(27)28)4-11(17)23/h7-10,12,22,29H,3-6,18H2,1-2H3,(H2,17,23)(H,19,24)(H,20,25)(H,21,26)(H,27,28). The fraction of sp³-hybridized carbons (Fsp3) is 0.688. The minimum absolute atomic E-state index is 0.121. The Morgan fingerprint density at radius 2 is 1.45 bits per heavy atom. The first-order chi connectivity index (χ1) is 13.5. The molecule has 0 aliphatic heterocycles. The third-order valence-corrected chi connectivity index (χ3v) is 4.58. The van der Waals surface area contributed by atoms with Crippen molar-refractivity contribution in [1.29, 1.82) is 0 Å². The molecule has 0 aromatic rings. The van der Waals surface area contributed by atoms with Gasteiger partial charge in [0.05, 0.1) is 19.1 Å². The lowest BCUT2D eigenvalue weighted by Crippen LogP contribution is -2.59. The molecule has 29 heavy (non-hydrogen) atoms. The molecule has 4 amide bonds. The molecule has 166 valence electrons. The zero-order valence-corrected chi connectivity index (χ0v) is 17.1. The van der Waals surface area contributed by atoms with Crippen LogP contribution in [-0.2, 0) is 24.0 Å². The molecule has 13 heteroatoms. The molecule has 0 rings (SSSR count). The van der Waals surface area contributed by atoms with E-state index in [0.717, 1.165) is 0 Å². The van der Waals surface area contributed by atoms with Crippen molar-refractivity contribution < 1.29 is 34.2 Å². The van der Waals surface area contributed by atoms with Gasteiger partial charge in [0.2, 0.25) is 23.6 Å². The Morgan fingerprint density at radius 1 is 0.966 bits per heavy atom. The Morgan fingerprint density at radius 3 is 1.86 bits per heavy atom. The van der Waals surface area contributed by atoms with Crippen LogP contribution in [-0.4, -0.2) is 76.3 Å². The van der Waals surface area contributed by atoms with Gasteiger partial charge in [-0.25, -0.2) is 4.79 Å². The summed E-state index contributed by atoms with van der Waals surface area (Å²) in [6.45, 7) is 2.77. The van der Waals surface area contributed by atoms with Crippen LogP contribution in [0.1, 0.15) is 26.7 Å². The maximum Gasteiger partial charge on any atom is 0.326 e. The van der Waals surface area contributed by atoms with Gasteiger partial charge in [0.15, 0.2) is 0 Å². The van der Waals surface area contributed by atoms with Crippen molar-refractivity contribution in [2.75, 3.05) is 12.4 Å². The van der Waals surface area contributed by atoms with Gasteiger partial charge in [0.25, 0.3) is 0 Å². The van der Waals surface area contributed by atoms with Gasteiger partial charge in [0.1, 0.15) is 18.1 Å². The van der Waals surface area contributed by atoms with E-state index < -0.39 is 66.8 Å². The maximum absolute atomic E-state index is 12.3. The Hall–Kier alpha value is -2.38. The van der Waals surface area contributed by atoms with Gasteiger partial charge in [-0.2, -0.15) is 12.6 Å². The molecular formula is C16H29N5O7S. The number of nitrogens with one attached hydrogen (secondary N) is 3. The van der Waals surface area contributed by atoms with E-state index in [2.05, 4.69) is 23.3 Å². The summed E-state index contributed by atoms with van der Waals surface area (Å²) in [6.07, 6.45) is -0.0227. The second-order valence-electron chi connectivity index (χ2n) is 6.47. The van der Waals surface area contributed by atoms with E-state index in [1.54, 1.807) is 6.92 Å². The van der Waals surface area contributed by atoms with Crippen LogP contribution in [0.15, 0.2) is 0 Å². The molecule has 9 N–H and O–H groups in total. The third-order valence-electron chi connectivity index (χ3n) is 4.21. The highest BCUT2D eigenvalue weighted by Crippen LogP contribution is 2.06. The first-order valence-electron chi connectivity index (χ1n) is 8.87. The number of thiol groups is 1. The minimum atomic E-state index is -1.63. The molecule has 0 spiro atoms. The molecule has 0 heterocycles. The molecule has 5 unspecified atom stereocenters. The van der Waals surface area contributed by atoms with Crippen molar-refractivity contribution in [3.8, 4) is 0 Å². The Balaban J connectivity index is 5.04. The lowest BCUT2D eigenvalue weighted by atomic mass is 9.99. The van der Waals surface area contributed by atoms with E-state index in [4.69, 9.17) is 16.6 Å². The third kappa shape index (κ3) is 9.11. The summed E-state index contributed by atoms with van der Waals surface area (Å²) in [5.41, 5.74) is 10.7. The second-order valence-corrected chi connectivity index (χ2v) is 6.83. The Kier molecular flexibility index (Phi) is 11.9. The van der Waals surface area contributed by atoms with Gasteiger partial charge < -0.3 is 37.6 Å². The lowest BCUT2D eigenvalue weighted by molar-refractivity contribution is -0.144. The van der Waals surface area contributed by atoms with Crippen LogP contribution < -0.4 is 27.4 Å². The van der Waals surface area contributed by atoms with E-state index in [9.17, 15) is 29.1 Å². The molecule has 0 aromatic heterocycles. The highest BCUT2D eigenvalue weighted by Gasteiger charge is 2.30. The number of nitrogens with two attached hydrogens (primary N) is 2. The fourth-order valence-electron chi connectivity index (χ4n) is 2.11. The summed E-state index contributed by atoms with van der Waals surface area (Å²) in [5.74, 6) is -5.18. The van der Waals surface area contributed by atoms with Gasteiger partial charge in [-0.05, 0) is 5.92 Å². The average molecular weight is 436 g/mol. The number of carboxylic acid groups (broad SMARTS) is 1. The molecule has 5 atom stereocenters. The van der Waals surface area contributed by atoms with Crippen molar-refractivity contribution in [2.45, 2.75) is 50.9 Å². The molecule has 0 aliphatic rings. The number of primary amides is 1. The summed E-state index contributed by atoms with van der Waals surface area (Å²) in [7, 11) is 0. The topological polar surface area (TPSA) is 214 Å². The van der Waals surface area contributed by atoms with Crippen LogP contribution in [0.3, 0.4) is 0 Å². The van der Waals surface area contributed by atoms with Crippen LogP contribution >= 0.6 is 12.6 Å². The van der Waals surface area contributed by atoms with Crippen molar-refractivity contribution in [1.82, 2.24) is 16.0 Å². The van der Waals surface area contributed by atoms with Crippen molar-refractivity contribution in [3.63, 3.8) is 0 Å². The highest BCUT2D eigenvalue weighted by atomic mass is 32.1. The summed E-state index contributed by atoms with van der Waals surface area (Å²) in [6, 6.07) is -5.15. The average Bonchev–Trinajstić information content (AvgIpc) is 2.67. The number of rotatable bonds is 13. The van der Waals surface area contributed by atoms with E-state index in [1.807, 2.05) is 12.2 Å². The minimum Gasteiger partial charge on any atom is -0.480 e. The van der Waals surface area contributed by atoms with Crippen LogP contribution in [0, 0.1) is 5.92 Å². The van der Waals surface area contributed by atoms with Gasteiger partial charge in [0, 0.05) is 5.75 Å². The predicted molar refractivity (Wildman–Crippen MR) is 106 cm³/mol. The fourth-order valence-corrected chi connectivity index (χ4v) is 2.37. The molecule has 12 nitrogen and oxygen atoms in total. The van der Waals surface area contributed by atoms with Crippen LogP contribution in [0.2, 0.25) is 0 Å². The number of aliphatic hydroxyl groups is 1. The van der Waals surface area contributed by atoms with Gasteiger partial charge >= 0.3 is 5.97 Å². The maximum atomic E-state index is 12.3. The molecule has 0 aliphatic carbocycles. The van der Waals surface area contributed by atoms with Crippen LogP contribution in [0.25, 0.3) is 0 Å². The number of hydrogen-bond donors (Lipinski definition) is 8. The number of carbonyl (C=O) groups is 5. The van der Waals surface area contributed by atoms with E-state index in [-0.39, 0.29) is 11.7 Å². The van der Waals surface area contributed by atoms with Crippen LogP contribution in [0.4, 0.5) is 0 Å². The molecular weight excluding hydrogens is 406 g/mol. The molecule has 0 fully saturated rings. The number of hydrogen-bond acceptors (Lipinski definition) is 8. The molecule has 0 aromatic carbocycles. The number of carboxylic acids is 1. The first-order valence-corrected chi connectivity index (χ1v) is 9.51. The Labute approximate surface area is 173 Å². The number of aliphatic carboxylic acids is 1. The van der Waals surface area contributed by atoms with E-state index in [1.165, 1.54) is 0 Å². The molecule has 0 bridgehead atoms. The SMILES string of the molecule is CCC(C)C(N)C(=O)NC(CS)C(=O)NC(CO)C(=O)NC(CC(N)=O)C(=O)O. The second kappa shape index (κ2) is 13.0. The zero-order chi connectivity index (χ0) is 22.7. The Bertz CT molecular complexity index is 618. The van der Waals surface area contributed by atoms with Gasteiger partial charge in [-0.3, -0.25) is 19.2 Å². The smallest absolute Gasteiger partial charge is 0.326 e. The first kappa shape index (κ1) is 26.6. The number of carbonyl (C=O) groups excluding carboxylic acids is 4. The molecule has 0 saturated carbocycles. The lowest BCUT2D eigenvalue weighted by Gasteiger charge is -2.24. The van der Waals surface area contributed by atoms with Crippen molar-refractivity contribution in [2.24, 2.45) is 17.4 Å². The summed E-state index contributed by atoms with van der Waals surface area (Å²) in [4.78, 5) is 58.6. The highest BCUT2D eigenvalue weighted by molar-refractivity contribution is 7.80. The van der Waals surface area contributed by atoms with E-state index >= 15 is 0 Å². The van der Waals surface area contributed by atoms with Crippen molar-refractivity contribution in [3.05, 3.63) is 0 Å².